The lowest BCUT2D eigenvalue weighted by atomic mass is 10.2. The van der Waals surface area contributed by atoms with Crippen LogP contribution >= 0.6 is 7.47 Å². The average Bonchev–Trinajstić information content (AvgIpc) is 2.88. The third kappa shape index (κ3) is 4.26. The molecule has 3 unspecified atom stereocenters. The van der Waals surface area contributed by atoms with Crippen LogP contribution in [0.5, 0.6) is 0 Å². The third-order valence-corrected chi connectivity index (χ3v) is 4.01. The van der Waals surface area contributed by atoms with Gasteiger partial charge in [0, 0.05) is 19.6 Å². The summed E-state index contributed by atoms with van der Waals surface area (Å²) in [5, 5.41) is 18.7. The van der Waals surface area contributed by atoms with Crippen LogP contribution < -0.4 is 0 Å². The van der Waals surface area contributed by atoms with E-state index in [9.17, 15) is 9.67 Å². The lowest BCUT2D eigenvalue weighted by Crippen LogP contribution is -2.29. The van der Waals surface area contributed by atoms with Gasteiger partial charge in [-0.05, 0) is 6.42 Å². The van der Waals surface area contributed by atoms with Crippen LogP contribution in [-0.2, 0) is 23.1 Å². The van der Waals surface area contributed by atoms with Crippen LogP contribution in [0.3, 0.4) is 0 Å². The van der Waals surface area contributed by atoms with E-state index in [1.54, 1.807) is 0 Å². The third-order valence-electron chi connectivity index (χ3n) is 2.93. The maximum atomic E-state index is 12.0. The van der Waals surface area contributed by atoms with E-state index in [1.165, 1.54) is 0 Å². The Labute approximate surface area is 115 Å². The molecule has 2 N–H and O–H groups in total. The Hall–Kier alpha value is 0.0549. The zero-order chi connectivity index (χ0) is 15.6. The normalized spacial score (nSPS) is 47.7. The molecule has 3 radical (unpaired) electrons. The van der Waals surface area contributed by atoms with Crippen LogP contribution in [0.1, 0.15) is 15.6 Å². The molecule has 2 aliphatic rings. The molecule has 0 aromatic rings. The van der Waals surface area contributed by atoms with E-state index in [2.05, 4.69) is 0 Å². The second kappa shape index (κ2) is 6.67. The van der Waals surface area contributed by atoms with Crippen molar-refractivity contribution in [1.29, 1.82) is 0 Å². The molecule has 2 rings (SSSR count). The maximum Gasteiger partial charge on any atom is 0.107 e. The number of aliphatic hydroxyl groups is 2. The van der Waals surface area contributed by atoms with Gasteiger partial charge in [-0.25, -0.2) is 0 Å². The Morgan fingerprint density at radius 3 is 2.68 bits per heavy atom. The van der Waals surface area contributed by atoms with Gasteiger partial charge in [0.15, 0.2) is 0 Å². The van der Waals surface area contributed by atoms with Crippen LogP contribution in [0.25, 0.3) is 0 Å². The standard InChI is InChI=1S/C10H18BO7P/c11-19(14,17-6-10-7(13)1-3-16-10)18-8-2-4-15-9(8)5-12/h7-10,12-13H,1-6H2/q-1/t7?,8?,9-,10-,19?/m1/s1/i3T,4T/t3-,4-,7?,8?,9+,10+,19?/m0. The van der Waals surface area contributed by atoms with Gasteiger partial charge in [-0.15, -0.1) is 0 Å². The van der Waals surface area contributed by atoms with Crippen molar-refractivity contribution in [2.45, 2.75) is 37.3 Å². The SMILES string of the molecule is [3H][C@H]1CC(O)[C@@H](COP([B-])(=O)OC2C[C@H]([3H])O[C@@H]2CO)O1. The van der Waals surface area contributed by atoms with E-state index >= 15 is 0 Å². The van der Waals surface area contributed by atoms with Crippen LogP contribution in [-0.4, -0.2) is 68.6 Å². The lowest BCUT2D eigenvalue weighted by molar-refractivity contribution is -0.00643. The van der Waals surface area contributed by atoms with E-state index in [4.69, 9.17) is 33.9 Å². The highest BCUT2D eigenvalue weighted by atomic mass is 31.2. The van der Waals surface area contributed by atoms with Crippen molar-refractivity contribution in [1.82, 2.24) is 0 Å². The van der Waals surface area contributed by atoms with E-state index in [0.29, 0.717) is 0 Å². The van der Waals surface area contributed by atoms with E-state index in [0.717, 1.165) is 0 Å². The van der Waals surface area contributed by atoms with Gasteiger partial charge in [-0.1, -0.05) is 0 Å². The van der Waals surface area contributed by atoms with Gasteiger partial charge < -0.3 is 40.9 Å². The lowest BCUT2D eigenvalue weighted by Gasteiger charge is -2.32. The second-order valence-corrected chi connectivity index (χ2v) is 5.93. The van der Waals surface area contributed by atoms with Crippen molar-refractivity contribution >= 4 is 15.0 Å². The highest BCUT2D eigenvalue weighted by Gasteiger charge is 2.31. The van der Waals surface area contributed by atoms with Crippen molar-refractivity contribution in [3.05, 3.63) is 0 Å². The summed E-state index contributed by atoms with van der Waals surface area (Å²) in [6.07, 6.45) is -2.98. The largest absolute Gasteiger partial charge is 0.444 e. The molecule has 0 amide bonds. The molecule has 0 aromatic carbocycles. The van der Waals surface area contributed by atoms with Crippen LogP contribution in [0.2, 0.25) is 0 Å². The first-order valence-electron chi connectivity index (χ1n) is 7.12. The summed E-state index contributed by atoms with van der Waals surface area (Å²) in [6, 6.07) is 0. The Morgan fingerprint density at radius 1 is 1.37 bits per heavy atom. The van der Waals surface area contributed by atoms with Crippen molar-refractivity contribution in [3.8, 4) is 0 Å². The van der Waals surface area contributed by atoms with Gasteiger partial charge in [0.25, 0.3) is 0 Å². The van der Waals surface area contributed by atoms with E-state index in [1.807, 2.05) is 0 Å². The first kappa shape index (κ1) is 12.8. The molecule has 0 bridgehead atoms. The predicted octanol–water partition coefficient (Wildman–Crippen LogP) is -0.404. The van der Waals surface area contributed by atoms with Crippen LogP contribution in [0, 0.1) is 0 Å². The molecule has 0 spiro atoms. The number of hydrogen-bond acceptors (Lipinski definition) is 7. The topological polar surface area (TPSA) is 94.5 Å². The summed E-state index contributed by atoms with van der Waals surface area (Å²) in [5.74, 6) is 0. The number of rotatable bonds is 6. The van der Waals surface area contributed by atoms with Gasteiger partial charge in [0.2, 0.25) is 0 Å². The Kier molecular flexibility index (Phi) is 4.48. The minimum Gasteiger partial charge on any atom is -0.444 e. The van der Waals surface area contributed by atoms with Crippen molar-refractivity contribution in [2.24, 2.45) is 0 Å². The van der Waals surface area contributed by atoms with Crippen molar-refractivity contribution in [3.63, 3.8) is 0 Å². The highest BCUT2D eigenvalue weighted by molar-refractivity contribution is 7.79. The molecule has 109 valence electrons. The summed E-state index contributed by atoms with van der Waals surface area (Å²) in [6.45, 7) is -2.38. The quantitative estimate of drug-likeness (QED) is 0.508. The van der Waals surface area contributed by atoms with E-state index in [-0.39, 0.29) is 26.1 Å². The predicted molar refractivity (Wildman–Crippen MR) is 66.0 cm³/mol. The molecule has 2 heterocycles. The van der Waals surface area contributed by atoms with Crippen LogP contribution in [0.15, 0.2) is 0 Å². The van der Waals surface area contributed by atoms with Gasteiger partial charge in [0.1, 0.15) is 12.2 Å². The Bertz CT molecular complexity index is 404. The molecule has 2 fully saturated rings. The molecule has 0 saturated carbocycles. The number of hydrogen-bond donors (Lipinski definition) is 2. The molecule has 2 aliphatic heterocycles. The average molecular weight is 296 g/mol. The molecule has 0 aliphatic carbocycles. The van der Waals surface area contributed by atoms with Gasteiger partial charge in [-0.2, -0.15) is 0 Å². The molecular weight excluding hydrogens is 274 g/mol. The zero-order valence-electron chi connectivity index (χ0n) is 12.3. The van der Waals surface area contributed by atoms with Crippen molar-refractivity contribution < 1.29 is 36.0 Å². The van der Waals surface area contributed by atoms with Crippen molar-refractivity contribution in [2.75, 3.05) is 26.4 Å². The summed E-state index contributed by atoms with van der Waals surface area (Å²) in [5.41, 5.74) is 0. The Balaban J connectivity index is 1.83. The summed E-state index contributed by atoms with van der Waals surface area (Å²) >= 11 is 0. The molecule has 2 saturated heterocycles. The first-order chi connectivity index (χ1) is 9.80. The van der Waals surface area contributed by atoms with Gasteiger partial charge in [0.05, 0.1) is 35.6 Å². The minimum absolute atomic E-state index is 0.118. The number of aliphatic hydroxyl groups excluding tert-OH is 2. The number of ether oxygens (including phenoxy) is 2. The fraction of sp³-hybridized carbons (Fsp3) is 1.00. The molecule has 0 aromatic heterocycles. The first-order valence-corrected chi connectivity index (χ1v) is 7.58. The second-order valence-electron chi connectivity index (χ2n) is 4.38. The minimum atomic E-state index is -3.94. The monoisotopic (exact) mass is 296 g/mol. The van der Waals surface area contributed by atoms with Crippen LogP contribution in [0.4, 0.5) is 0 Å². The molecule has 9 heteroatoms. The molecule has 7 atom stereocenters. The summed E-state index contributed by atoms with van der Waals surface area (Å²) < 4.78 is 47.0. The maximum absolute atomic E-state index is 12.0. The Morgan fingerprint density at radius 2 is 2.05 bits per heavy atom. The molecule has 7 nitrogen and oxygen atoms in total. The molecule has 19 heavy (non-hydrogen) atoms. The van der Waals surface area contributed by atoms with Gasteiger partial charge in [-0.3, -0.25) is 0 Å². The zero-order valence-corrected chi connectivity index (χ0v) is 11.1. The highest BCUT2D eigenvalue weighted by Crippen LogP contribution is 2.46. The fourth-order valence-corrected chi connectivity index (χ4v) is 2.87. The van der Waals surface area contributed by atoms with Gasteiger partial charge >= 0.3 is 0 Å². The smallest absolute Gasteiger partial charge is 0.107 e. The molecular formula is C10H18BO7P-. The summed E-state index contributed by atoms with van der Waals surface area (Å²) in [4.78, 5) is 0. The fourth-order valence-electron chi connectivity index (χ4n) is 1.85. The van der Waals surface area contributed by atoms with E-state index < -0.39 is 45.1 Å². The summed E-state index contributed by atoms with van der Waals surface area (Å²) in [7, 11) is 1.50.